The van der Waals surface area contributed by atoms with E-state index in [2.05, 4.69) is 15.6 Å². The van der Waals surface area contributed by atoms with E-state index in [-0.39, 0.29) is 33.9 Å². The number of nitrogens with zero attached hydrogens (tertiary/aromatic N) is 3. The number of aromatic carboxylic acids is 2. The number of piperazine rings is 2. The highest BCUT2D eigenvalue weighted by Crippen LogP contribution is 2.48. The van der Waals surface area contributed by atoms with E-state index in [1.807, 2.05) is 14.4 Å². The van der Waals surface area contributed by atoms with Gasteiger partial charge in [0.25, 0.3) is 0 Å². The van der Waals surface area contributed by atoms with Crippen LogP contribution in [0.25, 0.3) is 21.8 Å². The Bertz CT molecular complexity index is 2040. The number of benzene rings is 2. The maximum Gasteiger partial charge on any atom is 0.341 e. The lowest BCUT2D eigenvalue weighted by Gasteiger charge is -2.32. The van der Waals surface area contributed by atoms with Gasteiger partial charge < -0.3 is 40.2 Å². The van der Waals surface area contributed by atoms with Crippen LogP contribution in [0.15, 0.2) is 40.2 Å². The number of hydrogen-bond acceptors (Lipinski definition) is 8. The first-order chi connectivity index (χ1) is 23.1. The van der Waals surface area contributed by atoms with E-state index in [1.165, 1.54) is 24.5 Å². The number of aromatic amines is 1. The molecule has 12 nitrogen and oxygen atoms in total. The number of anilines is 2. The summed E-state index contributed by atoms with van der Waals surface area (Å²) in [7, 11) is 0. The number of nitrogens with one attached hydrogen (secondary N) is 3. The minimum atomic E-state index is -1.31. The van der Waals surface area contributed by atoms with Gasteiger partial charge in [-0.15, -0.1) is 0 Å². The van der Waals surface area contributed by atoms with Crippen LogP contribution in [0, 0.1) is 11.6 Å². The predicted octanol–water partition coefficient (Wildman–Crippen LogP) is 3.24. The molecule has 5 N–H and O–H groups in total. The summed E-state index contributed by atoms with van der Waals surface area (Å²) in [6, 6.07) is 4.26. The molecule has 0 radical (unpaired) electrons. The number of rotatable bonds is 6. The van der Waals surface area contributed by atoms with Crippen molar-refractivity contribution in [1.82, 2.24) is 20.2 Å². The lowest BCUT2D eigenvalue weighted by Crippen LogP contribution is -2.44. The minimum Gasteiger partial charge on any atom is -0.477 e. The summed E-state index contributed by atoms with van der Waals surface area (Å²) in [5, 5.41) is 25.1. The topological polar surface area (TPSA) is 160 Å². The Kier molecular flexibility index (Phi) is 8.37. The van der Waals surface area contributed by atoms with E-state index in [9.17, 15) is 33.1 Å². The third-order valence-corrected chi connectivity index (χ3v) is 9.52. The molecule has 2 aliphatic heterocycles. The number of carbonyl (C=O) groups is 2. The molecule has 2 aromatic heterocycles. The smallest absolute Gasteiger partial charge is 0.341 e. The fourth-order valence-electron chi connectivity index (χ4n) is 6.80. The summed E-state index contributed by atoms with van der Waals surface area (Å²) in [6.07, 6.45) is 6.43. The Labute approximate surface area is 273 Å². The van der Waals surface area contributed by atoms with Crippen LogP contribution in [-0.4, -0.2) is 84.1 Å². The predicted molar refractivity (Wildman–Crippen MR) is 177 cm³/mol. The summed E-state index contributed by atoms with van der Waals surface area (Å²) in [5.74, 6) is -3.29. The van der Waals surface area contributed by atoms with Crippen LogP contribution in [0.1, 0.15) is 63.9 Å². The Morgan fingerprint density at radius 1 is 0.750 bits per heavy atom. The number of halogens is 2. The van der Waals surface area contributed by atoms with Crippen molar-refractivity contribution >= 4 is 45.1 Å². The molecule has 0 spiro atoms. The largest absolute Gasteiger partial charge is 0.477 e. The SMILES string of the molecule is O=C(O)c1c[nH]c2c(C3CC3)c(N3CCNCC3)c(F)cc2c1=O.O=C(O)c1cn(C2CC2)c2cc(N3CCNCC3)c(F)cc2c1=O. The van der Waals surface area contributed by atoms with Crippen LogP contribution in [0.2, 0.25) is 0 Å². The van der Waals surface area contributed by atoms with Gasteiger partial charge in [-0.2, -0.15) is 0 Å². The van der Waals surface area contributed by atoms with E-state index >= 15 is 0 Å². The molecule has 4 aromatic rings. The van der Waals surface area contributed by atoms with Crippen molar-refractivity contribution in [2.24, 2.45) is 0 Å². The molecule has 0 unspecified atom stereocenters. The molecule has 2 saturated carbocycles. The zero-order valence-corrected chi connectivity index (χ0v) is 26.2. The molecule has 0 bridgehead atoms. The molecule has 2 saturated heterocycles. The summed E-state index contributed by atoms with van der Waals surface area (Å²) < 4.78 is 31.3. The average Bonchev–Trinajstić information content (AvgIpc) is 4.01. The Morgan fingerprint density at radius 3 is 1.92 bits per heavy atom. The van der Waals surface area contributed by atoms with Crippen LogP contribution in [0.3, 0.4) is 0 Å². The number of fused-ring (bicyclic) bond motifs is 2. The normalized spacial score (nSPS) is 18.1. The molecule has 2 aromatic carbocycles. The molecule has 0 atom stereocenters. The molecule has 4 aliphatic rings. The van der Waals surface area contributed by atoms with Crippen LogP contribution in [-0.2, 0) is 0 Å². The van der Waals surface area contributed by atoms with E-state index in [0.717, 1.165) is 57.4 Å². The van der Waals surface area contributed by atoms with Gasteiger partial charge in [0.15, 0.2) is 0 Å². The molecule has 48 heavy (non-hydrogen) atoms. The third kappa shape index (κ3) is 5.90. The van der Waals surface area contributed by atoms with Gasteiger partial charge in [-0.25, -0.2) is 18.4 Å². The van der Waals surface area contributed by atoms with Crippen molar-refractivity contribution in [3.63, 3.8) is 0 Å². The number of H-pyrrole nitrogens is 1. The number of carboxylic acid groups (broad SMARTS) is 2. The maximum absolute atomic E-state index is 14.9. The molecule has 2 aliphatic carbocycles. The van der Waals surface area contributed by atoms with E-state index in [4.69, 9.17) is 5.11 Å². The molecule has 4 heterocycles. The lowest BCUT2D eigenvalue weighted by molar-refractivity contribution is 0.0684. The fourth-order valence-corrected chi connectivity index (χ4v) is 6.80. The van der Waals surface area contributed by atoms with Crippen LogP contribution < -0.4 is 31.3 Å². The van der Waals surface area contributed by atoms with Gasteiger partial charge in [-0.1, -0.05) is 0 Å². The van der Waals surface area contributed by atoms with Crippen LogP contribution in [0.4, 0.5) is 20.2 Å². The maximum atomic E-state index is 14.9. The standard InChI is InChI=1S/2C17H18FN3O3/c18-13-7-11-14(8-15(13)20-5-3-19-4-6-20)21(10-1-2-10)9-12(16(11)22)17(23)24;18-12-7-10-14(20-8-11(16(10)22)17(23)24)13(9-1-2-9)15(12)21-5-3-19-4-6-21/h7-10,19H,1-6H2,(H,23,24);7-9,19H,1-6H2,(H,20,22)(H,23,24). The minimum absolute atomic E-state index is 0.119. The first-order valence-electron chi connectivity index (χ1n) is 16.3. The van der Waals surface area contributed by atoms with Crippen LogP contribution in [0.5, 0.6) is 0 Å². The summed E-state index contributed by atoms with van der Waals surface area (Å²) in [4.78, 5) is 54.3. The van der Waals surface area contributed by atoms with Crippen molar-refractivity contribution in [1.29, 1.82) is 0 Å². The zero-order chi connectivity index (χ0) is 33.7. The van der Waals surface area contributed by atoms with Gasteiger partial charge >= 0.3 is 11.9 Å². The number of carboxylic acids is 2. The highest BCUT2D eigenvalue weighted by molar-refractivity contribution is 5.95. The Morgan fingerprint density at radius 2 is 1.33 bits per heavy atom. The summed E-state index contributed by atoms with van der Waals surface area (Å²) in [5.41, 5.74) is 1.11. The van der Waals surface area contributed by atoms with Gasteiger partial charge in [0.2, 0.25) is 10.9 Å². The average molecular weight is 663 g/mol. The van der Waals surface area contributed by atoms with Gasteiger partial charge in [0, 0.05) is 87.1 Å². The van der Waals surface area contributed by atoms with Crippen molar-refractivity contribution < 1.29 is 28.6 Å². The first kappa shape index (κ1) is 31.8. The molecular formula is C34H36F2N6O6. The van der Waals surface area contributed by atoms with E-state index < -0.39 is 34.4 Å². The zero-order valence-electron chi connectivity index (χ0n) is 26.2. The van der Waals surface area contributed by atoms with Crippen LogP contribution >= 0.6 is 0 Å². The highest BCUT2D eigenvalue weighted by atomic mass is 19.1. The fraction of sp³-hybridized carbons (Fsp3) is 0.412. The van der Waals surface area contributed by atoms with E-state index in [1.54, 1.807) is 6.07 Å². The summed E-state index contributed by atoms with van der Waals surface area (Å²) >= 11 is 0. The van der Waals surface area contributed by atoms with Gasteiger partial charge in [-0.05, 0) is 49.8 Å². The molecule has 4 fully saturated rings. The quantitative estimate of drug-likeness (QED) is 0.208. The second-order valence-electron chi connectivity index (χ2n) is 12.8. The van der Waals surface area contributed by atoms with Gasteiger partial charge in [0.05, 0.1) is 22.4 Å². The number of hydrogen-bond donors (Lipinski definition) is 5. The number of pyridine rings is 2. The Balaban J connectivity index is 0.000000152. The Hall–Kier alpha value is -4.82. The molecule has 0 amide bonds. The number of aromatic nitrogens is 2. The second kappa shape index (κ2) is 12.7. The molecule has 14 heteroatoms. The first-order valence-corrected chi connectivity index (χ1v) is 16.3. The summed E-state index contributed by atoms with van der Waals surface area (Å²) in [6.45, 7) is 5.95. The van der Waals surface area contributed by atoms with Crippen molar-refractivity contribution in [3.8, 4) is 0 Å². The molecule has 252 valence electrons. The van der Waals surface area contributed by atoms with Crippen molar-refractivity contribution in [2.45, 2.75) is 37.6 Å². The monoisotopic (exact) mass is 662 g/mol. The van der Waals surface area contributed by atoms with E-state index in [0.29, 0.717) is 48.6 Å². The third-order valence-electron chi connectivity index (χ3n) is 9.52. The van der Waals surface area contributed by atoms with Crippen molar-refractivity contribution in [2.75, 3.05) is 62.2 Å². The highest BCUT2D eigenvalue weighted by Gasteiger charge is 2.34. The second-order valence-corrected chi connectivity index (χ2v) is 12.8. The lowest BCUT2D eigenvalue weighted by atomic mass is 10.00. The van der Waals surface area contributed by atoms with Crippen molar-refractivity contribution in [3.05, 3.63) is 79.4 Å². The molecular weight excluding hydrogens is 626 g/mol. The van der Waals surface area contributed by atoms with Gasteiger partial charge in [0.1, 0.15) is 22.8 Å². The molecule has 8 rings (SSSR count). The van der Waals surface area contributed by atoms with Gasteiger partial charge in [-0.3, -0.25) is 9.59 Å².